The lowest BCUT2D eigenvalue weighted by Gasteiger charge is -1.99. The van der Waals surface area contributed by atoms with Crippen LogP contribution in [-0.4, -0.2) is 21.1 Å². The summed E-state index contributed by atoms with van der Waals surface area (Å²) < 4.78 is 36.3. The van der Waals surface area contributed by atoms with Gasteiger partial charge in [-0.1, -0.05) is 0 Å². The molecule has 0 aromatic carbocycles. The standard InChI is InChI=1S/C6H7F3N4O2/c7-6(8,9)4-1-3(13(10)12-4)2-11-5(14)15/h1,11H,2,10H2,(H,14,15). The van der Waals surface area contributed by atoms with Gasteiger partial charge in [0.25, 0.3) is 0 Å². The number of hydrogen-bond acceptors (Lipinski definition) is 3. The van der Waals surface area contributed by atoms with Crippen LogP contribution in [0.4, 0.5) is 18.0 Å². The summed E-state index contributed by atoms with van der Waals surface area (Å²) in [7, 11) is 0. The molecule has 1 amide bonds. The third-order valence-electron chi connectivity index (χ3n) is 1.52. The summed E-state index contributed by atoms with van der Waals surface area (Å²) in [5, 5.41) is 13.1. The van der Waals surface area contributed by atoms with Crippen molar-refractivity contribution in [2.45, 2.75) is 12.7 Å². The van der Waals surface area contributed by atoms with Gasteiger partial charge in [-0.15, -0.1) is 5.10 Å². The van der Waals surface area contributed by atoms with Crippen molar-refractivity contribution in [3.63, 3.8) is 0 Å². The Bertz CT molecular complexity index is 373. The lowest BCUT2D eigenvalue weighted by Crippen LogP contribution is -2.24. The Balaban J connectivity index is 2.82. The van der Waals surface area contributed by atoms with Crippen LogP contribution in [0.15, 0.2) is 6.07 Å². The first kappa shape index (κ1) is 11.1. The van der Waals surface area contributed by atoms with Gasteiger partial charge in [0.1, 0.15) is 0 Å². The van der Waals surface area contributed by atoms with Crippen LogP contribution in [0.2, 0.25) is 0 Å². The number of amides is 1. The zero-order valence-corrected chi connectivity index (χ0v) is 7.25. The summed E-state index contributed by atoms with van der Waals surface area (Å²) in [5.74, 6) is 5.10. The molecule has 84 valence electrons. The molecule has 0 aliphatic carbocycles. The van der Waals surface area contributed by atoms with Crippen molar-refractivity contribution in [2.24, 2.45) is 0 Å². The zero-order chi connectivity index (χ0) is 11.6. The minimum atomic E-state index is -4.59. The Hall–Kier alpha value is -1.93. The maximum absolute atomic E-state index is 12.1. The summed E-state index contributed by atoms with van der Waals surface area (Å²) >= 11 is 0. The first-order valence-corrected chi connectivity index (χ1v) is 3.68. The molecule has 1 aromatic rings. The first-order chi connectivity index (χ1) is 6.80. The highest BCUT2D eigenvalue weighted by atomic mass is 19.4. The van der Waals surface area contributed by atoms with E-state index in [4.69, 9.17) is 10.9 Å². The molecule has 4 N–H and O–H groups in total. The Labute approximate surface area is 81.4 Å². The number of aromatic nitrogens is 2. The molecule has 0 spiro atoms. The van der Waals surface area contributed by atoms with Crippen molar-refractivity contribution in [1.82, 2.24) is 15.2 Å². The number of carboxylic acid groups (broad SMARTS) is 1. The number of nitrogens with zero attached hydrogens (tertiary/aromatic N) is 2. The van der Waals surface area contributed by atoms with Crippen LogP contribution in [0.3, 0.4) is 0 Å². The van der Waals surface area contributed by atoms with Crippen molar-refractivity contribution < 1.29 is 23.1 Å². The van der Waals surface area contributed by atoms with Crippen LogP contribution < -0.4 is 11.2 Å². The Morgan fingerprint density at radius 2 is 2.27 bits per heavy atom. The molecule has 1 rings (SSSR count). The highest BCUT2D eigenvalue weighted by Gasteiger charge is 2.34. The van der Waals surface area contributed by atoms with E-state index in [1.165, 1.54) is 0 Å². The molecule has 0 saturated carbocycles. The molecule has 0 bridgehead atoms. The summed E-state index contributed by atoms with van der Waals surface area (Å²) in [5.41, 5.74) is -1.24. The average Bonchev–Trinajstić information content (AvgIpc) is 2.42. The van der Waals surface area contributed by atoms with E-state index in [1.807, 2.05) is 5.32 Å². The molecule has 1 heterocycles. The Morgan fingerprint density at radius 1 is 1.67 bits per heavy atom. The van der Waals surface area contributed by atoms with E-state index in [9.17, 15) is 18.0 Å². The lowest BCUT2D eigenvalue weighted by atomic mass is 10.3. The number of hydrogen-bond donors (Lipinski definition) is 3. The molecule has 0 atom stereocenters. The summed E-state index contributed by atoms with van der Waals surface area (Å²) in [6, 6.07) is 0.677. The Kier molecular flexibility index (Phi) is 2.73. The fourth-order valence-corrected chi connectivity index (χ4v) is 0.870. The molecule has 0 unspecified atom stereocenters. The number of halogens is 3. The molecular formula is C6H7F3N4O2. The average molecular weight is 224 g/mol. The van der Waals surface area contributed by atoms with E-state index in [1.54, 1.807) is 0 Å². The van der Waals surface area contributed by atoms with E-state index in [0.29, 0.717) is 10.9 Å². The van der Waals surface area contributed by atoms with Crippen molar-refractivity contribution in [3.05, 3.63) is 17.5 Å². The summed E-state index contributed by atoms with van der Waals surface area (Å²) in [6.07, 6.45) is -5.95. The van der Waals surface area contributed by atoms with Crippen molar-refractivity contribution in [1.29, 1.82) is 0 Å². The second-order valence-electron chi connectivity index (χ2n) is 2.62. The first-order valence-electron chi connectivity index (χ1n) is 3.68. The van der Waals surface area contributed by atoms with Gasteiger partial charge in [0.2, 0.25) is 0 Å². The van der Waals surface area contributed by atoms with Gasteiger partial charge in [-0.25, -0.2) is 4.79 Å². The van der Waals surface area contributed by atoms with Gasteiger partial charge < -0.3 is 16.3 Å². The van der Waals surface area contributed by atoms with Gasteiger partial charge in [0.15, 0.2) is 5.69 Å². The molecule has 0 aliphatic rings. The van der Waals surface area contributed by atoms with Crippen LogP contribution in [0.25, 0.3) is 0 Å². The molecule has 1 aromatic heterocycles. The fraction of sp³-hybridized carbons (Fsp3) is 0.333. The molecule has 0 fully saturated rings. The van der Waals surface area contributed by atoms with E-state index in [0.717, 1.165) is 0 Å². The predicted molar refractivity (Wildman–Crippen MR) is 42.2 cm³/mol. The van der Waals surface area contributed by atoms with E-state index < -0.39 is 18.0 Å². The molecule has 15 heavy (non-hydrogen) atoms. The number of nitrogen functional groups attached to an aromatic ring is 1. The van der Waals surface area contributed by atoms with Gasteiger partial charge >= 0.3 is 12.3 Å². The van der Waals surface area contributed by atoms with Gasteiger partial charge in [0, 0.05) is 0 Å². The van der Waals surface area contributed by atoms with Gasteiger partial charge in [-0.05, 0) is 6.07 Å². The third-order valence-corrected chi connectivity index (χ3v) is 1.52. The minimum Gasteiger partial charge on any atom is -0.465 e. The van der Waals surface area contributed by atoms with Gasteiger partial charge in [-0.3, -0.25) is 0 Å². The predicted octanol–water partition coefficient (Wildman–Crippen LogP) is 0.383. The van der Waals surface area contributed by atoms with Crippen LogP contribution in [0, 0.1) is 0 Å². The monoisotopic (exact) mass is 224 g/mol. The molecule has 9 heteroatoms. The topological polar surface area (TPSA) is 93.2 Å². The maximum Gasteiger partial charge on any atom is 0.435 e. The van der Waals surface area contributed by atoms with Crippen LogP contribution in [0.1, 0.15) is 11.4 Å². The number of nitrogens with one attached hydrogen (secondary N) is 1. The molecular weight excluding hydrogens is 217 g/mol. The summed E-state index contributed by atoms with van der Waals surface area (Å²) in [6.45, 7) is -0.338. The lowest BCUT2D eigenvalue weighted by molar-refractivity contribution is -0.141. The van der Waals surface area contributed by atoms with Crippen molar-refractivity contribution >= 4 is 6.09 Å². The molecule has 0 aliphatic heterocycles. The summed E-state index contributed by atoms with van der Waals surface area (Å²) in [4.78, 5) is 10.6. The fourth-order valence-electron chi connectivity index (χ4n) is 0.870. The number of nitrogens with two attached hydrogens (primary N) is 1. The zero-order valence-electron chi connectivity index (χ0n) is 7.25. The van der Waals surface area contributed by atoms with Crippen LogP contribution >= 0.6 is 0 Å². The molecule has 0 saturated heterocycles. The number of carbonyl (C=O) groups is 1. The number of rotatable bonds is 2. The highest BCUT2D eigenvalue weighted by molar-refractivity contribution is 5.64. The largest absolute Gasteiger partial charge is 0.465 e. The normalized spacial score (nSPS) is 11.4. The van der Waals surface area contributed by atoms with Crippen molar-refractivity contribution in [2.75, 3.05) is 5.84 Å². The number of alkyl halides is 3. The maximum atomic E-state index is 12.1. The molecule has 0 radical (unpaired) electrons. The van der Waals surface area contributed by atoms with Gasteiger partial charge in [0.05, 0.1) is 12.2 Å². The smallest absolute Gasteiger partial charge is 0.435 e. The second-order valence-corrected chi connectivity index (χ2v) is 2.62. The van der Waals surface area contributed by atoms with E-state index >= 15 is 0 Å². The van der Waals surface area contributed by atoms with E-state index in [2.05, 4.69) is 5.10 Å². The quantitative estimate of drug-likeness (QED) is 0.633. The van der Waals surface area contributed by atoms with Crippen LogP contribution in [-0.2, 0) is 12.7 Å². The van der Waals surface area contributed by atoms with E-state index in [-0.39, 0.29) is 12.2 Å². The van der Waals surface area contributed by atoms with Crippen molar-refractivity contribution in [3.8, 4) is 0 Å². The van der Waals surface area contributed by atoms with Crippen LogP contribution in [0.5, 0.6) is 0 Å². The highest BCUT2D eigenvalue weighted by Crippen LogP contribution is 2.27. The van der Waals surface area contributed by atoms with Gasteiger partial charge in [-0.2, -0.15) is 18.0 Å². The molecule has 6 nitrogen and oxygen atoms in total. The Morgan fingerprint density at radius 3 is 2.67 bits per heavy atom. The third kappa shape index (κ3) is 2.76. The minimum absolute atomic E-state index is 0.0790. The SMILES string of the molecule is Nn1nc(C(F)(F)F)cc1CNC(=O)O. The second kappa shape index (κ2) is 3.67.